The van der Waals surface area contributed by atoms with Gasteiger partial charge >= 0.3 is 0 Å². The van der Waals surface area contributed by atoms with Gasteiger partial charge in [-0.2, -0.15) is 0 Å². The second kappa shape index (κ2) is 9.05. The Labute approximate surface area is 172 Å². The highest BCUT2D eigenvalue weighted by Crippen LogP contribution is 2.27. The van der Waals surface area contributed by atoms with E-state index in [-0.39, 0.29) is 41.2 Å². The average molecular weight is 424 g/mol. The molecule has 0 radical (unpaired) electrons. The van der Waals surface area contributed by atoms with E-state index in [0.717, 1.165) is 5.56 Å². The smallest absolute Gasteiger partial charge is 0.253 e. The number of likely N-dealkylation sites (tertiary alicyclic amines) is 1. The molecule has 2 atom stereocenters. The summed E-state index contributed by atoms with van der Waals surface area (Å²) < 4.78 is 26.9. The zero-order valence-electron chi connectivity index (χ0n) is 15.9. The maximum Gasteiger partial charge on any atom is 0.253 e. The summed E-state index contributed by atoms with van der Waals surface area (Å²) in [5, 5.41) is 0. The van der Waals surface area contributed by atoms with Crippen molar-refractivity contribution in [3.05, 3.63) is 65.7 Å². The molecule has 3 N–H and O–H groups in total. The molecular weight excluding hydrogens is 398 g/mol. The lowest BCUT2D eigenvalue weighted by atomic mass is 9.95. The molecule has 1 heterocycles. The molecule has 0 bridgehead atoms. The Balaban J connectivity index is 0.00000280. The Morgan fingerprint density at radius 3 is 2.25 bits per heavy atom. The number of sulfonamides is 1. The molecule has 1 amide bonds. The van der Waals surface area contributed by atoms with Gasteiger partial charge in [0.25, 0.3) is 5.91 Å². The highest BCUT2D eigenvalue weighted by molar-refractivity contribution is 7.89. The van der Waals surface area contributed by atoms with Crippen molar-refractivity contribution in [1.29, 1.82) is 0 Å². The van der Waals surface area contributed by atoms with Gasteiger partial charge in [0, 0.05) is 36.7 Å². The summed E-state index contributed by atoms with van der Waals surface area (Å²) in [7, 11) is -3.57. The highest BCUT2D eigenvalue weighted by atomic mass is 35.5. The Kier molecular flexibility index (Phi) is 7.22. The van der Waals surface area contributed by atoms with Crippen LogP contribution in [0.2, 0.25) is 0 Å². The summed E-state index contributed by atoms with van der Waals surface area (Å²) in [4.78, 5) is 14.7. The van der Waals surface area contributed by atoms with Crippen LogP contribution >= 0.6 is 12.4 Å². The first-order chi connectivity index (χ1) is 12.8. The largest absolute Gasteiger partial charge is 0.336 e. The molecule has 0 aromatic heterocycles. The zero-order chi connectivity index (χ0) is 19.6. The summed E-state index contributed by atoms with van der Waals surface area (Å²) in [6.45, 7) is 4.55. The number of benzene rings is 2. The van der Waals surface area contributed by atoms with Crippen LogP contribution in [0.5, 0.6) is 0 Å². The van der Waals surface area contributed by atoms with Gasteiger partial charge in [0.05, 0.1) is 4.90 Å². The predicted molar refractivity (Wildman–Crippen MR) is 112 cm³/mol. The molecule has 2 aromatic rings. The van der Waals surface area contributed by atoms with Gasteiger partial charge in [0.15, 0.2) is 0 Å². The second-order valence-electron chi connectivity index (χ2n) is 7.19. The van der Waals surface area contributed by atoms with Crippen LogP contribution in [-0.4, -0.2) is 44.4 Å². The summed E-state index contributed by atoms with van der Waals surface area (Å²) in [5.74, 6) is -0.0327. The van der Waals surface area contributed by atoms with Gasteiger partial charge < -0.3 is 10.6 Å². The fraction of sp³-hybridized carbons (Fsp3) is 0.350. The molecule has 3 rings (SSSR count). The zero-order valence-corrected chi connectivity index (χ0v) is 17.5. The average Bonchev–Trinajstić information content (AvgIpc) is 3.02. The lowest BCUT2D eigenvalue weighted by molar-refractivity contribution is 0.0789. The lowest BCUT2D eigenvalue weighted by Gasteiger charge is -2.17. The normalized spacial score (nSPS) is 19.5. The Morgan fingerprint density at radius 1 is 1.07 bits per heavy atom. The minimum atomic E-state index is -3.57. The molecule has 0 saturated carbocycles. The van der Waals surface area contributed by atoms with E-state index in [2.05, 4.69) is 4.72 Å². The molecule has 6 nitrogen and oxygen atoms in total. The van der Waals surface area contributed by atoms with Crippen LogP contribution in [0, 0.1) is 0 Å². The summed E-state index contributed by atoms with van der Waals surface area (Å²) >= 11 is 0. The van der Waals surface area contributed by atoms with E-state index in [0.29, 0.717) is 18.7 Å². The fourth-order valence-electron chi connectivity index (χ4n) is 3.39. The van der Waals surface area contributed by atoms with E-state index in [1.807, 2.05) is 30.3 Å². The molecule has 2 aromatic carbocycles. The molecule has 0 aliphatic carbocycles. The number of rotatable bonds is 5. The van der Waals surface area contributed by atoms with Crippen LogP contribution in [-0.2, 0) is 10.0 Å². The Bertz CT molecular complexity index is 902. The first-order valence-corrected chi connectivity index (χ1v) is 10.5. The van der Waals surface area contributed by atoms with Crippen molar-refractivity contribution in [2.24, 2.45) is 5.73 Å². The monoisotopic (exact) mass is 423 g/mol. The first kappa shape index (κ1) is 22.4. The van der Waals surface area contributed by atoms with Crippen molar-refractivity contribution in [2.45, 2.75) is 36.7 Å². The van der Waals surface area contributed by atoms with Gasteiger partial charge in [-0.3, -0.25) is 4.79 Å². The molecule has 0 spiro atoms. The third-order valence-electron chi connectivity index (χ3n) is 4.68. The number of nitrogens with one attached hydrogen (secondary N) is 1. The quantitative estimate of drug-likeness (QED) is 0.772. The predicted octanol–water partition coefficient (Wildman–Crippen LogP) is 2.36. The topological polar surface area (TPSA) is 92.5 Å². The van der Waals surface area contributed by atoms with Gasteiger partial charge in [-0.05, 0) is 43.7 Å². The second-order valence-corrected chi connectivity index (χ2v) is 8.91. The van der Waals surface area contributed by atoms with Crippen molar-refractivity contribution in [1.82, 2.24) is 9.62 Å². The minimum absolute atomic E-state index is 0. The number of hydrogen-bond donors (Lipinski definition) is 2. The molecule has 1 fully saturated rings. The van der Waals surface area contributed by atoms with Gasteiger partial charge in [0.2, 0.25) is 10.0 Å². The van der Waals surface area contributed by atoms with Crippen molar-refractivity contribution < 1.29 is 13.2 Å². The number of amides is 1. The van der Waals surface area contributed by atoms with Crippen LogP contribution in [0.25, 0.3) is 0 Å². The van der Waals surface area contributed by atoms with Gasteiger partial charge in [-0.1, -0.05) is 30.3 Å². The number of nitrogens with two attached hydrogens (primary N) is 1. The molecule has 8 heteroatoms. The Morgan fingerprint density at radius 2 is 1.68 bits per heavy atom. The van der Waals surface area contributed by atoms with Crippen molar-refractivity contribution >= 4 is 28.3 Å². The fourth-order valence-corrected chi connectivity index (χ4v) is 4.64. The van der Waals surface area contributed by atoms with Crippen molar-refractivity contribution in [3.63, 3.8) is 0 Å². The van der Waals surface area contributed by atoms with Crippen LogP contribution < -0.4 is 10.5 Å². The van der Waals surface area contributed by atoms with E-state index < -0.39 is 10.0 Å². The van der Waals surface area contributed by atoms with E-state index in [9.17, 15) is 13.2 Å². The lowest BCUT2D eigenvalue weighted by Crippen LogP contribution is -2.32. The van der Waals surface area contributed by atoms with Crippen molar-refractivity contribution in [3.8, 4) is 0 Å². The van der Waals surface area contributed by atoms with Gasteiger partial charge in [0.1, 0.15) is 0 Å². The van der Waals surface area contributed by atoms with E-state index >= 15 is 0 Å². The van der Waals surface area contributed by atoms with E-state index in [1.165, 1.54) is 12.1 Å². The van der Waals surface area contributed by atoms with Crippen LogP contribution in [0.1, 0.15) is 35.7 Å². The molecule has 152 valence electrons. The SMILES string of the molecule is CC(C)NS(=O)(=O)c1ccc(C(=O)N2C[C@@H](N)[C@H](c3ccccc3)C2)cc1.Cl. The third kappa shape index (κ3) is 4.91. The molecule has 0 unspecified atom stereocenters. The highest BCUT2D eigenvalue weighted by Gasteiger charge is 2.34. The number of hydrogen-bond acceptors (Lipinski definition) is 4. The van der Waals surface area contributed by atoms with E-state index in [4.69, 9.17) is 5.73 Å². The summed E-state index contributed by atoms with van der Waals surface area (Å²) in [6, 6.07) is 15.7. The minimum Gasteiger partial charge on any atom is -0.336 e. The number of nitrogens with zero attached hydrogens (tertiary/aromatic N) is 1. The number of carbonyl (C=O) groups excluding carboxylic acids is 1. The van der Waals surface area contributed by atoms with Crippen LogP contribution in [0.4, 0.5) is 0 Å². The summed E-state index contributed by atoms with van der Waals surface area (Å²) in [6.07, 6.45) is 0. The van der Waals surface area contributed by atoms with E-state index in [1.54, 1.807) is 30.9 Å². The molecule has 28 heavy (non-hydrogen) atoms. The molecule has 1 aliphatic rings. The van der Waals surface area contributed by atoms with Gasteiger partial charge in [-0.15, -0.1) is 12.4 Å². The standard InChI is InChI=1S/C20H25N3O3S.ClH/c1-14(2)22-27(25,26)17-10-8-16(9-11-17)20(24)23-12-18(19(21)13-23)15-6-4-3-5-7-15;/h3-11,14,18-19,22H,12-13,21H2,1-2H3;1H/t18-,19+;/m0./s1. The van der Waals surface area contributed by atoms with Crippen molar-refractivity contribution in [2.75, 3.05) is 13.1 Å². The number of carbonyl (C=O) groups is 1. The Hall–Kier alpha value is -1.93. The molecule has 1 saturated heterocycles. The third-order valence-corrected chi connectivity index (χ3v) is 6.36. The number of halogens is 1. The first-order valence-electron chi connectivity index (χ1n) is 9.00. The maximum atomic E-state index is 12.8. The van der Waals surface area contributed by atoms with Crippen LogP contribution in [0.3, 0.4) is 0 Å². The van der Waals surface area contributed by atoms with Gasteiger partial charge in [-0.25, -0.2) is 13.1 Å². The maximum absolute atomic E-state index is 12.8. The van der Waals surface area contributed by atoms with Crippen LogP contribution in [0.15, 0.2) is 59.5 Å². The molecule has 1 aliphatic heterocycles. The molecular formula is C20H26ClN3O3S. The summed E-state index contributed by atoms with van der Waals surface area (Å²) in [5.41, 5.74) is 7.85.